The Morgan fingerprint density at radius 2 is 2.00 bits per heavy atom. The fourth-order valence-electron chi connectivity index (χ4n) is 3.93. The van der Waals surface area contributed by atoms with Gasteiger partial charge in [0.1, 0.15) is 11.8 Å². The van der Waals surface area contributed by atoms with Crippen LogP contribution in [-0.2, 0) is 17.8 Å². The van der Waals surface area contributed by atoms with Gasteiger partial charge in [-0.15, -0.1) is 5.10 Å². The fourth-order valence-corrected chi connectivity index (χ4v) is 3.93. The van der Waals surface area contributed by atoms with E-state index in [-0.39, 0.29) is 0 Å². The van der Waals surface area contributed by atoms with Crippen LogP contribution in [0.4, 0.5) is 10.5 Å². The molecule has 1 amide bonds. The summed E-state index contributed by atoms with van der Waals surface area (Å²) in [4.78, 5) is 11.7. The zero-order chi connectivity index (χ0) is 23.9. The van der Waals surface area contributed by atoms with Gasteiger partial charge in [0.15, 0.2) is 0 Å². The number of nitrogens with zero attached hydrogens (tertiary/aromatic N) is 5. The van der Waals surface area contributed by atoms with Crippen molar-refractivity contribution in [2.24, 2.45) is 0 Å². The number of anilines is 1. The number of fused-ring (bicyclic) bond motifs is 1. The summed E-state index contributed by atoms with van der Waals surface area (Å²) >= 11 is 0. The van der Waals surface area contributed by atoms with Gasteiger partial charge in [-0.1, -0.05) is 17.3 Å². The first-order valence-corrected chi connectivity index (χ1v) is 11.2. The van der Waals surface area contributed by atoms with Gasteiger partial charge in [0, 0.05) is 42.8 Å². The van der Waals surface area contributed by atoms with E-state index < -0.39 is 6.09 Å². The van der Waals surface area contributed by atoms with Crippen molar-refractivity contribution in [1.29, 1.82) is 5.26 Å². The van der Waals surface area contributed by atoms with E-state index in [9.17, 15) is 10.1 Å². The van der Waals surface area contributed by atoms with Crippen LogP contribution >= 0.6 is 0 Å². The van der Waals surface area contributed by atoms with E-state index in [1.54, 1.807) is 29.9 Å². The van der Waals surface area contributed by atoms with Crippen molar-refractivity contribution in [1.82, 2.24) is 19.6 Å². The highest BCUT2D eigenvalue weighted by atomic mass is 16.5. The third-order valence-electron chi connectivity index (χ3n) is 5.42. The summed E-state index contributed by atoms with van der Waals surface area (Å²) in [6.07, 6.45) is 3.79. The number of ether oxygens (including phenoxy) is 2. The third kappa shape index (κ3) is 4.86. The standard InChI is InChI=1S/C25H26N6O3/c1-3-31-23-16-20(34-15-5-13-30-14-12-27-29-30)10-11-21(23)22(17-26)24(31)18-6-8-19(9-7-18)28-25(32)33-4-2/h6-12,14,16H,3-5,13,15H2,1-2H3,(H,28,32). The number of rotatable bonds is 9. The summed E-state index contributed by atoms with van der Waals surface area (Å²) in [6.45, 7) is 6.08. The highest BCUT2D eigenvalue weighted by Gasteiger charge is 2.18. The monoisotopic (exact) mass is 458 g/mol. The van der Waals surface area contributed by atoms with Crippen molar-refractivity contribution >= 4 is 22.7 Å². The largest absolute Gasteiger partial charge is 0.493 e. The molecular formula is C25H26N6O3. The highest BCUT2D eigenvalue weighted by molar-refractivity contribution is 5.95. The van der Waals surface area contributed by atoms with Crippen LogP contribution in [0.15, 0.2) is 54.9 Å². The van der Waals surface area contributed by atoms with Gasteiger partial charge in [0.05, 0.1) is 36.2 Å². The molecule has 0 bridgehead atoms. The lowest BCUT2D eigenvalue weighted by molar-refractivity contribution is 0.168. The number of hydrogen-bond donors (Lipinski definition) is 1. The van der Waals surface area contributed by atoms with Crippen LogP contribution in [0.2, 0.25) is 0 Å². The van der Waals surface area contributed by atoms with Gasteiger partial charge in [0.2, 0.25) is 0 Å². The van der Waals surface area contributed by atoms with E-state index in [2.05, 4.69) is 26.3 Å². The quantitative estimate of drug-likeness (QED) is 0.360. The van der Waals surface area contributed by atoms with E-state index in [1.165, 1.54) is 0 Å². The molecule has 0 spiro atoms. The molecule has 2 aromatic carbocycles. The SMILES string of the molecule is CCOC(=O)Nc1ccc(-c2c(C#N)c3ccc(OCCCn4ccnn4)cc3n2CC)cc1. The minimum atomic E-state index is -0.496. The number of carbonyl (C=O) groups excluding carboxylic acids is 1. The van der Waals surface area contributed by atoms with Crippen molar-refractivity contribution in [3.05, 3.63) is 60.4 Å². The van der Waals surface area contributed by atoms with E-state index in [0.29, 0.717) is 31.0 Å². The number of nitrogens with one attached hydrogen (secondary N) is 1. The Bertz CT molecular complexity index is 1300. The van der Waals surface area contributed by atoms with Crippen LogP contribution in [0.3, 0.4) is 0 Å². The maximum Gasteiger partial charge on any atom is 0.411 e. The number of nitriles is 1. The van der Waals surface area contributed by atoms with Crippen LogP contribution in [0.5, 0.6) is 5.75 Å². The summed E-state index contributed by atoms with van der Waals surface area (Å²) in [7, 11) is 0. The van der Waals surface area contributed by atoms with Crippen molar-refractivity contribution in [2.45, 2.75) is 33.4 Å². The van der Waals surface area contributed by atoms with Crippen LogP contribution in [0, 0.1) is 11.3 Å². The minimum Gasteiger partial charge on any atom is -0.493 e. The first kappa shape index (κ1) is 22.9. The molecule has 0 radical (unpaired) electrons. The predicted octanol–water partition coefficient (Wildman–Crippen LogP) is 4.83. The molecule has 0 saturated carbocycles. The third-order valence-corrected chi connectivity index (χ3v) is 5.42. The molecule has 34 heavy (non-hydrogen) atoms. The Balaban J connectivity index is 1.58. The van der Waals surface area contributed by atoms with E-state index >= 15 is 0 Å². The molecule has 9 heteroatoms. The van der Waals surface area contributed by atoms with Crippen molar-refractivity contribution in [2.75, 3.05) is 18.5 Å². The number of amides is 1. The van der Waals surface area contributed by atoms with Gasteiger partial charge in [-0.3, -0.25) is 10.00 Å². The molecule has 0 saturated heterocycles. The highest BCUT2D eigenvalue weighted by Crippen LogP contribution is 2.35. The maximum absolute atomic E-state index is 11.7. The average Bonchev–Trinajstić information content (AvgIpc) is 3.47. The van der Waals surface area contributed by atoms with Gasteiger partial charge in [-0.05, 0) is 43.7 Å². The fraction of sp³-hybridized carbons (Fsp3) is 0.280. The first-order valence-electron chi connectivity index (χ1n) is 11.2. The number of aryl methyl sites for hydroxylation is 2. The van der Waals surface area contributed by atoms with Crippen LogP contribution < -0.4 is 10.1 Å². The second kappa shape index (κ2) is 10.5. The summed E-state index contributed by atoms with van der Waals surface area (Å²) in [6, 6.07) is 15.6. The molecule has 0 aliphatic heterocycles. The van der Waals surface area contributed by atoms with Crippen LogP contribution in [0.25, 0.3) is 22.2 Å². The number of hydrogen-bond acceptors (Lipinski definition) is 6. The molecule has 174 valence electrons. The summed E-state index contributed by atoms with van der Waals surface area (Å²) in [5.41, 5.74) is 3.91. The Kier molecular flexibility index (Phi) is 7.08. The topological polar surface area (TPSA) is 107 Å². The Morgan fingerprint density at radius 3 is 2.68 bits per heavy atom. The Morgan fingerprint density at radius 1 is 1.18 bits per heavy atom. The van der Waals surface area contributed by atoms with Gasteiger partial charge >= 0.3 is 6.09 Å². The zero-order valence-corrected chi connectivity index (χ0v) is 19.2. The van der Waals surface area contributed by atoms with Gasteiger partial charge in [-0.2, -0.15) is 5.26 Å². The normalized spacial score (nSPS) is 10.7. The van der Waals surface area contributed by atoms with Gasteiger partial charge < -0.3 is 14.0 Å². The second-order valence-electron chi connectivity index (χ2n) is 7.55. The van der Waals surface area contributed by atoms with Crippen molar-refractivity contribution < 1.29 is 14.3 Å². The minimum absolute atomic E-state index is 0.305. The van der Waals surface area contributed by atoms with Crippen molar-refractivity contribution in [3.8, 4) is 23.1 Å². The van der Waals surface area contributed by atoms with Crippen molar-refractivity contribution in [3.63, 3.8) is 0 Å². The first-order chi connectivity index (χ1) is 16.6. The molecule has 2 heterocycles. The molecule has 0 atom stereocenters. The van der Waals surface area contributed by atoms with Gasteiger partial charge in [-0.25, -0.2) is 4.79 Å². The van der Waals surface area contributed by atoms with Crippen LogP contribution in [0.1, 0.15) is 25.8 Å². The molecule has 0 fully saturated rings. The number of benzene rings is 2. The Hall–Kier alpha value is -4.32. The smallest absolute Gasteiger partial charge is 0.411 e. The lowest BCUT2D eigenvalue weighted by Gasteiger charge is -2.11. The summed E-state index contributed by atoms with van der Waals surface area (Å²) in [5.74, 6) is 0.753. The summed E-state index contributed by atoms with van der Waals surface area (Å²) < 4.78 is 14.8. The molecule has 0 aliphatic rings. The molecule has 2 aromatic heterocycles. The van der Waals surface area contributed by atoms with Gasteiger partial charge in [0.25, 0.3) is 0 Å². The molecule has 1 N–H and O–H groups in total. The molecular weight excluding hydrogens is 432 g/mol. The number of carbonyl (C=O) groups is 1. The predicted molar refractivity (Wildman–Crippen MR) is 129 cm³/mol. The molecule has 4 rings (SSSR count). The van der Waals surface area contributed by atoms with E-state index in [1.807, 2.05) is 43.5 Å². The molecule has 0 aliphatic carbocycles. The second-order valence-corrected chi connectivity index (χ2v) is 7.55. The number of aromatic nitrogens is 4. The average molecular weight is 459 g/mol. The summed E-state index contributed by atoms with van der Waals surface area (Å²) in [5, 5.41) is 21.3. The zero-order valence-electron chi connectivity index (χ0n) is 19.2. The molecule has 9 nitrogen and oxygen atoms in total. The lowest BCUT2D eigenvalue weighted by Crippen LogP contribution is -2.13. The lowest BCUT2D eigenvalue weighted by atomic mass is 10.1. The van der Waals surface area contributed by atoms with Crippen LogP contribution in [-0.4, -0.2) is 38.9 Å². The van der Waals surface area contributed by atoms with E-state index in [4.69, 9.17) is 9.47 Å². The molecule has 4 aromatic rings. The maximum atomic E-state index is 11.7. The van der Waals surface area contributed by atoms with E-state index in [0.717, 1.165) is 40.9 Å². The molecule has 0 unspecified atom stereocenters. The Labute approximate surface area is 197 Å².